The molecule has 1 aliphatic carbocycles. The Hall–Kier alpha value is -2.23. The van der Waals surface area contributed by atoms with Gasteiger partial charge in [-0.25, -0.2) is 4.39 Å². The summed E-state index contributed by atoms with van der Waals surface area (Å²) in [5, 5.41) is 3.15. The molecule has 0 aliphatic heterocycles. The minimum absolute atomic E-state index is 0.310. The van der Waals surface area contributed by atoms with Crippen LogP contribution < -0.4 is 15.8 Å². The van der Waals surface area contributed by atoms with Gasteiger partial charge < -0.3 is 15.8 Å². The number of nitrogen functional groups attached to an aromatic ring is 1. The van der Waals surface area contributed by atoms with Crippen molar-refractivity contribution in [1.82, 2.24) is 0 Å². The summed E-state index contributed by atoms with van der Waals surface area (Å²) >= 11 is 0. The molecular weight excluding hydrogens is 255 g/mol. The monoisotopic (exact) mass is 272 g/mol. The van der Waals surface area contributed by atoms with Crippen LogP contribution in [-0.2, 0) is 6.42 Å². The summed E-state index contributed by atoms with van der Waals surface area (Å²) in [5.74, 6) is 0.577. The van der Waals surface area contributed by atoms with E-state index in [0.717, 1.165) is 6.42 Å². The molecular formula is C16H17FN2O. The smallest absolute Gasteiger partial charge is 0.148 e. The first-order valence-corrected chi connectivity index (χ1v) is 6.63. The molecule has 2 aromatic rings. The lowest BCUT2D eigenvalue weighted by Gasteiger charge is -2.30. The van der Waals surface area contributed by atoms with E-state index in [0.29, 0.717) is 29.6 Å². The number of rotatable bonds is 4. The number of halogens is 1. The van der Waals surface area contributed by atoms with Crippen LogP contribution >= 0.6 is 0 Å². The van der Waals surface area contributed by atoms with Crippen LogP contribution in [0.15, 0.2) is 36.4 Å². The van der Waals surface area contributed by atoms with Crippen LogP contribution in [0.4, 0.5) is 15.8 Å². The number of hydrogen-bond acceptors (Lipinski definition) is 3. The molecule has 3 nitrogen and oxygen atoms in total. The van der Waals surface area contributed by atoms with E-state index in [-0.39, 0.29) is 5.82 Å². The largest absolute Gasteiger partial charge is 0.495 e. The third kappa shape index (κ3) is 2.18. The average Bonchev–Trinajstić information content (AvgIpc) is 2.42. The van der Waals surface area contributed by atoms with Crippen LogP contribution in [0.5, 0.6) is 5.75 Å². The van der Waals surface area contributed by atoms with Gasteiger partial charge in [-0.1, -0.05) is 24.3 Å². The maximum absolute atomic E-state index is 13.8. The van der Waals surface area contributed by atoms with E-state index in [9.17, 15) is 4.39 Å². The molecule has 0 aromatic heterocycles. The second-order valence-electron chi connectivity index (χ2n) is 5.05. The quantitative estimate of drug-likeness (QED) is 0.840. The number of ether oxygens (including phenoxy) is 1. The first-order chi connectivity index (χ1) is 9.69. The summed E-state index contributed by atoms with van der Waals surface area (Å²) in [4.78, 5) is 0. The maximum atomic E-state index is 13.8. The van der Waals surface area contributed by atoms with Gasteiger partial charge in [-0.2, -0.15) is 0 Å². The predicted molar refractivity (Wildman–Crippen MR) is 78.7 cm³/mol. The Bertz CT molecular complexity index is 642. The summed E-state index contributed by atoms with van der Waals surface area (Å²) in [5.41, 5.74) is 9.14. The summed E-state index contributed by atoms with van der Waals surface area (Å²) in [6.07, 6.45) is 1.04. The number of hydrogen-bond donors (Lipinski definition) is 2. The molecule has 0 bridgehead atoms. The number of nitrogens with two attached hydrogens (primary N) is 1. The second-order valence-corrected chi connectivity index (χ2v) is 5.05. The molecule has 1 atom stereocenters. The Morgan fingerprint density at radius 1 is 1.35 bits per heavy atom. The molecule has 0 fully saturated rings. The van der Waals surface area contributed by atoms with E-state index in [1.165, 1.54) is 24.3 Å². The normalized spacial score (nSPS) is 16.2. The highest BCUT2D eigenvalue weighted by Gasteiger charge is 2.25. The van der Waals surface area contributed by atoms with Gasteiger partial charge in [0.05, 0.1) is 18.5 Å². The summed E-state index contributed by atoms with van der Waals surface area (Å²) in [6, 6.07) is 11.2. The van der Waals surface area contributed by atoms with Crippen molar-refractivity contribution in [2.24, 2.45) is 0 Å². The first-order valence-electron chi connectivity index (χ1n) is 6.63. The molecule has 104 valence electrons. The molecule has 0 radical (unpaired) electrons. The van der Waals surface area contributed by atoms with Crippen LogP contribution in [0.1, 0.15) is 17.0 Å². The molecule has 20 heavy (non-hydrogen) atoms. The minimum Gasteiger partial charge on any atom is -0.495 e. The Kier molecular flexibility index (Phi) is 3.22. The van der Waals surface area contributed by atoms with Crippen molar-refractivity contribution in [1.29, 1.82) is 0 Å². The summed E-state index contributed by atoms with van der Waals surface area (Å²) < 4.78 is 18.9. The fraction of sp³-hybridized carbons (Fsp3) is 0.250. The van der Waals surface area contributed by atoms with Gasteiger partial charge in [-0.3, -0.25) is 0 Å². The highest BCUT2D eigenvalue weighted by molar-refractivity contribution is 5.62. The van der Waals surface area contributed by atoms with E-state index >= 15 is 0 Å². The van der Waals surface area contributed by atoms with Gasteiger partial charge in [-0.05, 0) is 17.5 Å². The number of anilines is 2. The van der Waals surface area contributed by atoms with Gasteiger partial charge in [0.2, 0.25) is 0 Å². The Labute approximate surface area is 117 Å². The molecule has 3 N–H and O–H groups in total. The SMILES string of the molecule is COc1cc(NCC2Cc3ccccc32)c(F)cc1N. The van der Waals surface area contributed by atoms with Crippen molar-refractivity contribution < 1.29 is 9.13 Å². The molecule has 1 unspecified atom stereocenters. The summed E-state index contributed by atoms with van der Waals surface area (Å²) in [6.45, 7) is 0.709. The molecule has 0 saturated heterocycles. The number of benzene rings is 2. The molecule has 1 aliphatic rings. The third-order valence-corrected chi connectivity index (χ3v) is 3.82. The predicted octanol–water partition coefficient (Wildman–Crippen LogP) is 3.17. The van der Waals surface area contributed by atoms with Crippen molar-refractivity contribution in [2.45, 2.75) is 12.3 Å². The molecule has 0 spiro atoms. The lowest BCUT2D eigenvalue weighted by Crippen LogP contribution is -2.24. The zero-order valence-corrected chi connectivity index (χ0v) is 11.3. The van der Waals surface area contributed by atoms with Crippen LogP contribution in [0, 0.1) is 5.82 Å². The van der Waals surface area contributed by atoms with Crippen LogP contribution in [-0.4, -0.2) is 13.7 Å². The Morgan fingerprint density at radius 2 is 2.15 bits per heavy atom. The van der Waals surface area contributed by atoms with Gasteiger partial charge in [0.15, 0.2) is 0 Å². The topological polar surface area (TPSA) is 47.3 Å². The molecule has 0 saturated carbocycles. The standard InChI is InChI=1S/C16H17FN2O/c1-20-16-8-15(13(17)7-14(16)18)19-9-11-6-10-4-2-3-5-12(10)11/h2-5,7-8,11,19H,6,9,18H2,1H3. The number of methoxy groups -OCH3 is 1. The van der Waals surface area contributed by atoms with E-state index in [4.69, 9.17) is 10.5 Å². The van der Waals surface area contributed by atoms with Crippen LogP contribution in [0.3, 0.4) is 0 Å². The van der Waals surface area contributed by atoms with Crippen molar-refractivity contribution in [3.05, 3.63) is 53.3 Å². The minimum atomic E-state index is -0.351. The highest BCUT2D eigenvalue weighted by atomic mass is 19.1. The van der Waals surface area contributed by atoms with Gasteiger partial charge >= 0.3 is 0 Å². The van der Waals surface area contributed by atoms with Gasteiger partial charge in [0.25, 0.3) is 0 Å². The Morgan fingerprint density at radius 3 is 2.90 bits per heavy atom. The van der Waals surface area contributed by atoms with Crippen LogP contribution in [0.2, 0.25) is 0 Å². The summed E-state index contributed by atoms with van der Waals surface area (Å²) in [7, 11) is 1.52. The molecule has 3 rings (SSSR count). The molecule has 0 heterocycles. The molecule has 0 amide bonds. The van der Waals surface area contributed by atoms with Gasteiger partial charge in [0.1, 0.15) is 11.6 Å². The third-order valence-electron chi connectivity index (χ3n) is 3.82. The first kappa shape index (κ1) is 12.8. The van der Waals surface area contributed by atoms with Gasteiger partial charge in [0, 0.05) is 24.6 Å². The fourth-order valence-electron chi connectivity index (χ4n) is 2.66. The zero-order valence-electron chi connectivity index (χ0n) is 11.3. The van der Waals surface area contributed by atoms with Crippen LogP contribution in [0.25, 0.3) is 0 Å². The lowest BCUT2D eigenvalue weighted by atomic mass is 9.77. The molecule has 4 heteroatoms. The van der Waals surface area contributed by atoms with Crippen molar-refractivity contribution in [3.8, 4) is 5.75 Å². The maximum Gasteiger partial charge on any atom is 0.148 e. The van der Waals surface area contributed by atoms with E-state index < -0.39 is 0 Å². The average molecular weight is 272 g/mol. The van der Waals surface area contributed by atoms with Crippen molar-refractivity contribution >= 4 is 11.4 Å². The molecule has 2 aromatic carbocycles. The fourth-order valence-corrected chi connectivity index (χ4v) is 2.66. The van der Waals surface area contributed by atoms with Crippen molar-refractivity contribution in [3.63, 3.8) is 0 Å². The number of fused-ring (bicyclic) bond motifs is 1. The van der Waals surface area contributed by atoms with Crippen molar-refractivity contribution in [2.75, 3.05) is 24.7 Å². The zero-order chi connectivity index (χ0) is 14.1. The van der Waals surface area contributed by atoms with E-state index in [1.54, 1.807) is 6.07 Å². The van der Waals surface area contributed by atoms with E-state index in [1.807, 2.05) is 12.1 Å². The number of nitrogens with one attached hydrogen (secondary N) is 1. The highest BCUT2D eigenvalue weighted by Crippen LogP contribution is 2.35. The lowest BCUT2D eigenvalue weighted by molar-refractivity contribution is 0.416. The Balaban J connectivity index is 1.71. The van der Waals surface area contributed by atoms with E-state index in [2.05, 4.69) is 17.4 Å². The second kappa shape index (κ2) is 5.04. The van der Waals surface area contributed by atoms with Gasteiger partial charge in [-0.15, -0.1) is 0 Å².